The van der Waals surface area contributed by atoms with E-state index in [4.69, 9.17) is 0 Å². The van der Waals surface area contributed by atoms with E-state index in [9.17, 15) is 21.6 Å². The molecule has 0 N–H and O–H groups in total. The summed E-state index contributed by atoms with van der Waals surface area (Å²) < 4.78 is 60.3. The van der Waals surface area contributed by atoms with Crippen molar-refractivity contribution < 1.29 is 25.5 Å². The molecular weight excluding hydrogens is 225 g/mol. The summed E-state index contributed by atoms with van der Waals surface area (Å²) in [4.78, 5) is 0. The van der Waals surface area contributed by atoms with E-state index < -0.39 is 23.9 Å². The second-order valence-corrected chi connectivity index (χ2v) is 8.44. The first-order valence-corrected chi connectivity index (χ1v) is 7.57. The van der Waals surface area contributed by atoms with Gasteiger partial charge in [-0.3, -0.25) is 0 Å². The minimum atomic E-state index is -5.48. The van der Waals surface area contributed by atoms with E-state index >= 15 is 0 Å². The molecule has 0 aliphatic carbocycles. The van der Waals surface area contributed by atoms with Crippen LogP contribution in [0.25, 0.3) is 0 Å². The smallest absolute Gasteiger partial charge is 0.303 e. The van der Waals surface area contributed by atoms with E-state index in [-0.39, 0.29) is 0 Å². The Morgan fingerprint density at radius 3 is 2.00 bits per heavy atom. The van der Waals surface area contributed by atoms with Gasteiger partial charge in [0.2, 0.25) is 8.32 Å². The molecule has 0 rings (SSSR count). The van der Waals surface area contributed by atoms with Crippen LogP contribution < -0.4 is 0 Å². The van der Waals surface area contributed by atoms with Crippen molar-refractivity contribution in [1.82, 2.24) is 0 Å². The summed E-state index contributed by atoms with van der Waals surface area (Å²) in [5, 5.41) is 0. The summed E-state index contributed by atoms with van der Waals surface area (Å²) in [5.41, 5.74) is -4.25. The molecule has 0 aliphatic rings. The maximum absolute atomic E-state index is 11.8. The average Bonchev–Trinajstić information content (AvgIpc) is 1.83. The molecule has 0 heterocycles. The lowest BCUT2D eigenvalue weighted by atomic mass is 11.3. The zero-order chi connectivity index (χ0) is 10.9. The molecule has 0 unspecified atom stereocenters. The van der Waals surface area contributed by atoms with E-state index in [1.807, 2.05) is 0 Å². The lowest BCUT2D eigenvalue weighted by Gasteiger charge is -2.18. The largest absolute Gasteiger partial charge is 0.522 e. The van der Waals surface area contributed by atoms with Crippen LogP contribution in [0.2, 0.25) is 13.1 Å². The Labute approximate surface area is 75.5 Å². The first-order chi connectivity index (χ1) is 5.52. The van der Waals surface area contributed by atoms with Gasteiger partial charge >= 0.3 is 15.6 Å². The average molecular weight is 234 g/mol. The molecule has 0 radical (unpaired) electrons. The van der Waals surface area contributed by atoms with Gasteiger partial charge in [0.15, 0.2) is 0 Å². The van der Waals surface area contributed by atoms with Gasteiger partial charge in [-0.05, 0) is 13.1 Å². The zero-order valence-electron chi connectivity index (χ0n) is 7.05. The van der Waals surface area contributed by atoms with Gasteiger partial charge in [0.25, 0.3) is 0 Å². The molecule has 0 aromatic rings. The van der Waals surface area contributed by atoms with E-state index in [1.54, 1.807) is 0 Å². The number of hydrogen-bond donors (Lipinski definition) is 0. The Balaban J connectivity index is 4.84. The van der Waals surface area contributed by atoms with Crippen LogP contribution in [-0.2, 0) is 14.0 Å². The van der Waals surface area contributed by atoms with Crippen LogP contribution in [0.3, 0.4) is 0 Å². The Bertz CT molecular complexity index is 293. The van der Waals surface area contributed by atoms with Gasteiger partial charge in [0, 0.05) is 0 Å². The highest BCUT2D eigenvalue weighted by molar-refractivity contribution is 7.88. The molecule has 8 heteroatoms. The van der Waals surface area contributed by atoms with Gasteiger partial charge in [-0.2, -0.15) is 21.6 Å². The Morgan fingerprint density at radius 2 is 1.77 bits per heavy atom. The van der Waals surface area contributed by atoms with E-state index in [2.05, 4.69) is 10.5 Å². The Morgan fingerprint density at radius 1 is 1.38 bits per heavy atom. The molecule has 0 bridgehead atoms. The van der Waals surface area contributed by atoms with E-state index in [0.717, 1.165) is 5.70 Å². The fourth-order valence-corrected chi connectivity index (χ4v) is 3.28. The molecule has 78 valence electrons. The first kappa shape index (κ1) is 12.7. The van der Waals surface area contributed by atoms with Gasteiger partial charge in [-0.25, -0.2) is 0 Å². The molecule has 0 fully saturated rings. The highest BCUT2D eigenvalue weighted by Crippen LogP contribution is 2.27. The molecule has 0 saturated carbocycles. The molecule has 3 nitrogen and oxygen atoms in total. The van der Waals surface area contributed by atoms with E-state index in [1.165, 1.54) is 13.1 Å². The van der Waals surface area contributed by atoms with Crippen LogP contribution in [0.1, 0.15) is 0 Å². The summed E-state index contributed by atoms with van der Waals surface area (Å²) in [7, 11) is -8.44. The lowest BCUT2D eigenvalue weighted by Crippen LogP contribution is -2.37. The molecule has 13 heavy (non-hydrogen) atoms. The van der Waals surface area contributed by atoms with Gasteiger partial charge in [0.05, 0.1) is 0 Å². The fourth-order valence-electron chi connectivity index (χ4n) is 0.364. The maximum atomic E-state index is 11.8. The third kappa shape index (κ3) is 3.49. The number of halogens is 3. The Kier molecular flexibility index (Phi) is 3.34. The number of alkyl halides is 3. The van der Waals surface area contributed by atoms with Crippen LogP contribution in [0.4, 0.5) is 13.2 Å². The van der Waals surface area contributed by atoms with Crippen molar-refractivity contribution in [1.29, 1.82) is 0 Å². The van der Waals surface area contributed by atoms with Crippen LogP contribution in [0.5, 0.6) is 0 Å². The number of rotatable bonds is 3. The van der Waals surface area contributed by atoms with Gasteiger partial charge in [-0.1, -0.05) is 5.70 Å². The molecule has 0 atom stereocenters. The molecule has 0 aromatic heterocycles. The van der Waals surface area contributed by atoms with Crippen molar-refractivity contribution in [2.75, 3.05) is 0 Å². The topological polar surface area (TPSA) is 43.4 Å². The highest BCUT2D eigenvalue weighted by Gasteiger charge is 2.49. The van der Waals surface area contributed by atoms with Crippen molar-refractivity contribution in [3.8, 4) is 0 Å². The lowest BCUT2D eigenvalue weighted by molar-refractivity contribution is -0.0502. The minimum Gasteiger partial charge on any atom is -0.303 e. The maximum Gasteiger partial charge on any atom is 0.522 e. The quantitative estimate of drug-likeness (QED) is 0.552. The van der Waals surface area contributed by atoms with Crippen LogP contribution in [0, 0.1) is 0 Å². The zero-order valence-corrected chi connectivity index (χ0v) is 8.87. The highest BCUT2D eigenvalue weighted by atomic mass is 32.2. The summed E-state index contributed by atoms with van der Waals surface area (Å²) >= 11 is 0. The minimum absolute atomic E-state index is 1.11. The SMILES string of the molecule is C=C[Si](C)(C)OS(=O)(=O)C(F)(F)F. The van der Waals surface area contributed by atoms with Crippen molar-refractivity contribution in [2.45, 2.75) is 18.6 Å². The third-order valence-corrected chi connectivity index (χ3v) is 5.25. The van der Waals surface area contributed by atoms with Crippen molar-refractivity contribution in [3.05, 3.63) is 12.3 Å². The first-order valence-electron chi connectivity index (χ1n) is 3.17. The number of hydrogen-bond acceptors (Lipinski definition) is 3. The second kappa shape index (κ2) is 3.43. The predicted octanol–water partition coefficient (Wildman–Crippen LogP) is 1.78. The monoisotopic (exact) mass is 234 g/mol. The normalized spacial score (nSPS) is 14.2. The van der Waals surface area contributed by atoms with Crippen molar-refractivity contribution in [3.63, 3.8) is 0 Å². The molecule has 0 saturated heterocycles. The van der Waals surface area contributed by atoms with Gasteiger partial charge < -0.3 is 3.87 Å². The second-order valence-electron chi connectivity index (χ2n) is 2.79. The summed E-state index contributed by atoms with van der Waals surface area (Å²) in [6, 6.07) is 0. The molecule has 0 amide bonds. The third-order valence-electron chi connectivity index (χ3n) is 1.10. The van der Waals surface area contributed by atoms with E-state index in [0.29, 0.717) is 0 Å². The van der Waals surface area contributed by atoms with Gasteiger partial charge in [0.1, 0.15) is 0 Å². The molecule has 0 spiro atoms. The summed E-state index contributed by atoms with van der Waals surface area (Å²) in [6.07, 6.45) is 0. The fraction of sp³-hybridized carbons (Fsp3) is 0.600. The van der Waals surface area contributed by atoms with Crippen LogP contribution in [0.15, 0.2) is 12.3 Å². The van der Waals surface area contributed by atoms with Crippen LogP contribution in [-0.4, -0.2) is 22.2 Å². The molecular formula is C5H9F3O3SSi. The van der Waals surface area contributed by atoms with Crippen molar-refractivity contribution in [2.24, 2.45) is 0 Å². The van der Waals surface area contributed by atoms with Crippen LogP contribution >= 0.6 is 0 Å². The molecule has 0 aliphatic heterocycles. The predicted molar refractivity (Wildman–Crippen MR) is 43.7 cm³/mol. The van der Waals surface area contributed by atoms with Crippen molar-refractivity contribution >= 4 is 18.4 Å². The molecule has 0 aromatic carbocycles. The van der Waals surface area contributed by atoms with Gasteiger partial charge in [-0.15, -0.1) is 6.58 Å². The summed E-state index contributed by atoms with van der Waals surface area (Å²) in [5.74, 6) is 0. The Hall–Kier alpha value is -0.343. The standard InChI is InChI=1S/C5H9F3O3SSi/c1-4-13(2,3)11-12(9,10)5(6,7)8/h4H,1H2,2-3H3. The summed E-state index contributed by atoms with van der Waals surface area (Å²) in [6.45, 7) is 5.79.